The predicted octanol–water partition coefficient (Wildman–Crippen LogP) is 4.98. The number of nitrogens with one attached hydrogen (secondary N) is 1. The summed E-state index contributed by atoms with van der Waals surface area (Å²) < 4.78 is 0. The number of carbonyl (C=O) groups excluding carboxylic acids is 2. The van der Waals surface area contributed by atoms with Crippen molar-refractivity contribution in [2.24, 2.45) is 5.73 Å². The summed E-state index contributed by atoms with van der Waals surface area (Å²) in [5, 5.41) is 5.56. The summed E-state index contributed by atoms with van der Waals surface area (Å²) in [4.78, 5) is 24.4. The van der Waals surface area contributed by atoms with E-state index < -0.39 is 5.91 Å². The van der Waals surface area contributed by atoms with Gasteiger partial charge in [0.1, 0.15) is 0 Å². The van der Waals surface area contributed by atoms with Crippen LogP contribution in [0.3, 0.4) is 0 Å². The smallest absolute Gasteiger partial charge is 0.250 e. The van der Waals surface area contributed by atoms with Gasteiger partial charge in [-0.3, -0.25) is 9.59 Å². The van der Waals surface area contributed by atoms with E-state index in [1.54, 1.807) is 6.07 Å². The van der Waals surface area contributed by atoms with E-state index in [2.05, 4.69) is 5.32 Å². The molecule has 0 saturated heterocycles. The molecular weight excluding hydrogens is 391 g/mol. The minimum absolute atomic E-state index is 0.193. The van der Waals surface area contributed by atoms with Gasteiger partial charge in [0.2, 0.25) is 11.8 Å². The van der Waals surface area contributed by atoms with Crippen LogP contribution in [0.25, 0.3) is 10.8 Å². The molecule has 0 aliphatic rings. The van der Waals surface area contributed by atoms with Gasteiger partial charge in [-0.1, -0.05) is 47.5 Å². The Bertz CT molecular complexity index is 1000. The summed E-state index contributed by atoms with van der Waals surface area (Å²) in [5.41, 5.74) is 5.92. The number of halogens is 2. The van der Waals surface area contributed by atoms with E-state index in [4.69, 9.17) is 28.9 Å². The lowest BCUT2D eigenvalue weighted by atomic mass is 10.1. The van der Waals surface area contributed by atoms with Gasteiger partial charge in [-0.05, 0) is 35.7 Å². The number of primary amides is 1. The fourth-order valence-corrected chi connectivity index (χ4v) is 4.03. The summed E-state index contributed by atoms with van der Waals surface area (Å²) in [6, 6.07) is 16.1. The Morgan fingerprint density at radius 3 is 2.42 bits per heavy atom. The van der Waals surface area contributed by atoms with Crippen LogP contribution in [0, 0.1) is 0 Å². The molecule has 3 aromatic carbocycles. The number of thioether (sulfide) groups is 1. The molecule has 2 amide bonds. The Labute approximate surface area is 164 Å². The van der Waals surface area contributed by atoms with Crippen molar-refractivity contribution in [1.29, 1.82) is 0 Å². The van der Waals surface area contributed by atoms with Crippen molar-refractivity contribution in [3.05, 3.63) is 70.2 Å². The molecule has 0 aliphatic carbocycles. The fourth-order valence-electron chi connectivity index (χ4n) is 2.52. The average Bonchev–Trinajstić information content (AvgIpc) is 2.60. The Balaban J connectivity index is 1.70. The molecule has 3 rings (SSSR count). The molecule has 0 aliphatic heterocycles. The third-order valence-electron chi connectivity index (χ3n) is 3.69. The molecule has 0 aromatic heterocycles. The highest BCUT2D eigenvalue weighted by molar-refractivity contribution is 8.00. The summed E-state index contributed by atoms with van der Waals surface area (Å²) in [7, 11) is 0. The SMILES string of the molecule is NC(=O)c1ccc(NC(=O)CSc2cccc3cccc(Cl)c23)cc1Cl. The van der Waals surface area contributed by atoms with Gasteiger partial charge in [0.15, 0.2) is 0 Å². The zero-order valence-corrected chi connectivity index (χ0v) is 15.8. The molecule has 0 unspecified atom stereocenters. The van der Waals surface area contributed by atoms with Gasteiger partial charge in [0.05, 0.1) is 16.3 Å². The standard InChI is InChI=1S/C19H14Cl2N2O2S/c20-14-5-1-3-11-4-2-6-16(18(11)14)26-10-17(24)23-12-7-8-13(19(22)25)15(21)9-12/h1-9H,10H2,(H2,22,25)(H,23,24). The first-order valence-electron chi connectivity index (χ1n) is 7.65. The number of benzene rings is 3. The van der Waals surface area contributed by atoms with E-state index in [0.29, 0.717) is 10.7 Å². The second-order valence-electron chi connectivity index (χ2n) is 5.49. The minimum Gasteiger partial charge on any atom is -0.366 e. The average molecular weight is 405 g/mol. The highest BCUT2D eigenvalue weighted by atomic mass is 35.5. The third kappa shape index (κ3) is 4.12. The van der Waals surface area contributed by atoms with E-state index in [0.717, 1.165) is 15.7 Å². The minimum atomic E-state index is -0.615. The van der Waals surface area contributed by atoms with Crippen molar-refractivity contribution in [1.82, 2.24) is 0 Å². The van der Waals surface area contributed by atoms with Crippen LogP contribution in [-0.4, -0.2) is 17.6 Å². The molecule has 0 heterocycles. The number of fused-ring (bicyclic) bond motifs is 1. The van der Waals surface area contributed by atoms with Gasteiger partial charge in [-0.2, -0.15) is 0 Å². The summed E-state index contributed by atoms with van der Waals surface area (Å²) in [5.74, 6) is -0.599. The first kappa shape index (κ1) is 18.6. The molecule has 0 atom stereocenters. The van der Waals surface area contributed by atoms with Crippen molar-refractivity contribution in [3.63, 3.8) is 0 Å². The highest BCUT2D eigenvalue weighted by Crippen LogP contribution is 2.33. The van der Waals surface area contributed by atoms with Crippen LogP contribution < -0.4 is 11.1 Å². The van der Waals surface area contributed by atoms with E-state index in [1.165, 1.54) is 23.9 Å². The zero-order chi connectivity index (χ0) is 18.7. The molecule has 0 spiro atoms. The quantitative estimate of drug-likeness (QED) is 0.589. The molecule has 4 nitrogen and oxygen atoms in total. The lowest BCUT2D eigenvalue weighted by Crippen LogP contribution is -2.15. The maximum atomic E-state index is 12.2. The number of anilines is 1. The Morgan fingerprint density at radius 2 is 1.73 bits per heavy atom. The van der Waals surface area contributed by atoms with Gasteiger partial charge < -0.3 is 11.1 Å². The monoisotopic (exact) mass is 404 g/mol. The normalized spacial score (nSPS) is 10.7. The second kappa shape index (κ2) is 7.99. The molecule has 132 valence electrons. The van der Waals surface area contributed by atoms with Crippen molar-refractivity contribution in [3.8, 4) is 0 Å². The van der Waals surface area contributed by atoms with E-state index >= 15 is 0 Å². The molecule has 3 N–H and O–H groups in total. The zero-order valence-electron chi connectivity index (χ0n) is 13.5. The second-order valence-corrected chi connectivity index (χ2v) is 7.32. The molecule has 26 heavy (non-hydrogen) atoms. The topological polar surface area (TPSA) is 72.2 Å². The Hall–Kier alpha value is -2.21. The first-order valence-corrected chi connectivity index (χ1v) is 9.39. The van der Waals surface area contributed by atoms with Crippen LogP contribution in [0.5, 0.6) is 0 Å². The lowest BCUT2D eigenvalue weighted by molar-refractivity contribution is -0.113. The third-order valence-corrected chi connectivity index (χ3v) is 5.38. The summed E-state index contributed by atoms with van der Waals surface area (Å²) >= 11 is 13.7. The van der Waals surface area contributed by atoms with Gasteiger partial charge in [0, 0.05) is 21.0 Å². The fraction of sp³-hybridized carbons (Fsp3) is 0.0526. The highest BCUT2D eigenvalue weighted by Gasteiger charge is 2.11. The van der Waals surface area contributed by atoms with Crippen molar-refractivity contribution >= 4 is 63.2 Å². The van der Waals surface area contributed by atoms with Crippen LogP contribution in [0.15, 0.2) is 59.5 Å². The summed E-state index contributed by atoms with van der Waals surface area (Å²) in [6.07, 6.45) is 0. The number of hydrogen-bond donors (Lipinski definition) is 2. The Kier molecular flexibility index (Phi) is 5.71. The van der Waals surface area contributed by atoms with Crippen LogP contribution in [0.2, 0.25) is 10.0 Å². The molecule has 0 bridgehead atoms. The lowest BCUT2D eigenvalue weighted by Gasteiger charge is -2.09. The number of nitrogens with two attached hydrogens (primary N) is 1. The van der Waals surface area contributed by atoms with Gasteiger partial charge in [-0.25, -0.2) is 0 Å². The molecule has 7 heteroatoms. The van der Waals surface area contributed by atoms with E-state index in [9.17, 15) is 9.59 Å². The number of rotatable bonds is 5. The van der Waals surface area contributed by atoms with Crippen LogP contribution in [0.4, 0.5) is 5.69 Å². The largest absolute Gasteiger partial charge is 0.366 e. The molecule has 3 aromatic rings. The maximum absolute atomic E-state index is 12.2. The van der Waals surface area contributed by atoms with Crippen molar-refractivity contribution in [2.75, 3.05) is 11.1 Å². The van der Waals surface area contributed by atoms with E-state index in [-0.39, 0.29) is 22.2 Å². The van der Waals surface area contributed by atoms with Crippen LogP contribution in [-0.2, 0) is 4.79 Å². The van der Waals surface area contributed by atoms with Gasteiger partial charge in [0.25, 0.3) is 0 Å². The Morgan fingerprint density at radius 1 is 1.00 bits per heavy atom. The molecule has 0 saturated carbocycles. The molecular formula is C19H14Cl2N2O2S. The van der Waals surface area contributed by atoms with Gasteiger partial charge >= 0.3 is 0 Å². The molecule has 0 fully saturated rings. The van der Waals surface area contributed by atoms with Crippen LogP contribution >= 0.6 is 35.0 Å². The first-order chi connectivity index (χ1) is 12.5. The number of carbonyl (C=O) groups is 2. The van der Waals surface area contributed by atoms with Gasteiger partial charge in [-0.15, -0.1) is 11.8 Å². The summed E-state index contributed by atoms with van der Waals surface area (Å²) in [6.45, 7) is 0. The number of hydrogen-bond acceptors (Lipinski definition) is 3. The number of amides is 2. The van der Waals surface area contributed by atoms with Crippen molar-refractivity contribution < 1.29 is 9.59 Å². The van der Waals surface area contributed by atoms with Crippen LogP contribution in [0.1, 0.15) is 10.4 Å². The predicted molar refractivity (Wildman–Crippen MR) is 108 cm³/mol. The van der Waals surface area contributed by atoms with E-state index in [1.807, 2.05) is 36.4 Å². The van der Waals surface area contributed by atoms with Crippen molar-refractivity contribution in [2.45, 2.75) is 4.90 Å². The maximum Gasteiger partial charge on any atom is 0.250 e. The molecule has 0 radical (unpaired) electrons.